The van der Waals surface area contributed by atoms with Crippen LogP contribution in [0.15, 0.2) is 48.5 Å². The van der Waals surface area contributed by atoms with Gasteiger partial charge in [-0.2, -0.15) is 0 Å². The number of aliphatic hydroxyl groups is 1. The minimum absolute atomic E-state index is 0.00664. The van der Waals surface area contributed by atoms with E-state index in [2.05, 4.69) is 83.2 Å². The lowest BCUT2D eigenvalue weighted by molar-refractivity contribution is 0.0583. The van der Waals surface area contributed by atoms with Gasteiger partial charge in [-0.05, 0) is 46.6 Å². The van der Waals surface area contributed by atoms with Crippen molar-refractivity contribution < 1.29 is 5.11 Å². The van der Waals surface area contributed by atoms with E-state index in [0.717, 1.165) is 6.42 Å². The number of aliphatic hydroxyl groups excluding tert-OH is 1. The Morgan fingerprint density at radius 3 is 2.33 bits per heavy atom. The first-order chi connectivity index (χ1) is 11.2. The molecule has 2 aromatic carbocycles. The van der Waals surface area contributed by atoms with Gasteiger partial charge in [-0.25, -0.2) is 0 Å². The Kier molecular flexibility index (Phi) is 4.17. The number of benzene rings is 2. The number of allylic oxidation sites excluding steroid dienone is 1. The molecule has 2 aromatic rings. The number of rotatable bonds is 2. The molecule has 1 aliphatic carbocycles. The Bertz CT molecular complexity index is 766. The van der Waals surface area contributed by atoms with Crippen molar-refractivity contribution in [2.45, 2.75) is 58.0 Å². The summed E-state index contributed by atoms with van der Waals surface area (Å²) in [6.07, 6.45) is 2.74. The SMILES string of the molecule is CC(=Cc1ccccc1)c1ccc2c(c1)C(C)(C)CC(O)C2(C)C. The maximum Gasteiger partial charge on any atom is 0.0639 e. The molecule has 126 valence electrons. The van der Waals surface area contributed by atoms with Crippen LogP contribution in [0.1, 0.15) is 63.3 Å². The molecule has 0 radical (unpaired) electrons. The molecule has 0 aliphatic heterocycles. The summed E-state index contributed by atoms with van der Waals surface area (Å²) < 4.78 is 0. The van der Waals surface area contributed by atoms with Crippen molar-refractivity contribution in [2.75, 3.05) is 0 Å². The van der Waals surface area contributed by atoms with Gasteiger partial charge < -0.3 is 5.11 Å². The van der Waals surface area contributed by atoms with Crippen LogP contribution in [-0.2, 0) is 10.8 Å². The van der Waals surface area contributed by atoms with Gasteiger partial charge in [-0.15, -0.1) is 0 Å². The molecule has 0 saturated heterocycles. The third-order valence-electron chi connectivity index (χ3n) is 5.62. The van der Waals surface area contributed by atoms with E-state index < -0.39 is 0 Å². The van der Waals surface area contributed by atoms with Gasteiger partial charge in [0.1, 0.15) is 0 Å². The van der Waals surface area contributed by atoms with E-state index in [4.69, 9.17) is 0 Å². The molecule has 0 saturated carbocycles. The number of hydrogen-bond donors (Lipinski definition) is 1. The van der Waals surface area contributed by atoms with Gasteiger partial charge in [0.15, 0.2) is 0 Å². The van der Waals surface area contributed by atoms with Crippen molar-refractivity contribution in [1.29, 1.82) is 0 Å². The van der Waals surface area contributed by atoms with Crippen LogP contribution in [0.5, 0.6) is 0 Å². The van der Waals surface area contributed by atoms with Gasteiger partial charge in [0.05, 0.1) is 6.10 Å². The first-order valence-electron chi connectivity index (χ1n) is 8.78. The molecule has 0 bridgehead atoms. The Morgan fingerprint density at radius 1 is 1.00 bits per heavy atom. The highest BCUT2D eigenvalue weighted by atomic mass is 16.3. The summed E-state index contributed by atoms with van der Waals surface area (Å²) in [7, 11) is 0. The second kappa shape index (κ2) is 5.89. The van der Waals surface area contributed by atoms with E-state index in [9.17, 15) is 5.11 Å². The molecular weight excluding hydrogens is 292 g/mol. The lowest BCUT2D eigenvalue weighted by Gasteiger charge is -2.45. The third-order valence-corrected chi connectivity index (χ3v) is 5.62. The summed E-state index contributed by atoms with van der Waals surface area (Å²) in [5, 5.41) is 10.6. The molecule has 1 atom stereocenters. The van der Waals surface area contributed by atoms with E-state index in [1.54, 1.807) is 0 Å². The molecule has 0 heterocycles. The van der Waals surface area contributed by atoms with Crippen molar-refractivity contribution in [1.82, 2.24) is 0 Å². The van der Waals surface area contributed by atoms with Gasteiger partial charge in [0, 0.05) is 5.41 Å². The molecule has 1 nitrogen and oxygen atoms in total. The van der Waals surface area contributed by atoms with Crippen LogP contribution in [0.4, 0.5) is 0 Å². The predicted octanol–water partition coefficient (Wildman–Crippen LogP) is 5.57. The zero-order valence-electron chi connectivity index (χ0n) is 15.4. The maximum absolute atomic E-state index is 10.6. The lowest BCUT2D eigenvalue weighted by Crippen LogP contribution is -2.45. The molecule has 0 aromatic heterocycles. The van der Waals surface area contributed by atoms with Crippen molar-refractivity contribution in [2.24, 2.45) is 0 Å². The Hall–Kier alpha value is -1.86. The quantitative estimate of drug-likeness (QED) is 0.718. The molecule has 0 spiro atoms. The van der Waals surface area contributed by atoms with E-state index in [1.807, 2.05) is 6.07 Å². The van der Waals surface area contributed by atoms with E-state index in [1.165, 1.54) is 27.8 Å². The molecule has 3 rings (SSSR count). The van der Waals surface area contributed by atoms with Gasteiger partial charge in [-0.3, -0.25) is 0 Å². The third kappa shape index (κ3) is 2.93. The van der Waals surface area contributed by atoms with Crippen LogP contribution in [0.3, 0.4) is 0 Å². The topological polar surface area (TPSA) is 20.2 Å². The van der Waals surface area contributed by atoms with Crippen LogP contribution < -0.4 is 0 Å². The lowest BCUT2D eigenvalue weighted by atomic mass is 9.61. The molecule has 0 fully saturated rings. The Morgan fingerprint density at radius 2 is 1.67 bits per heavy atom. The van der Waals surface area contributed by atoms with Gasteiger partial charge in [-0.1, -0.05) is 82.3 Å². The van der Waals surface area contributed by atoms with Crippen molar-refractivity contribution in [3.8, 4) is 0 Å². The molecular formula is C23H28O. The van der Waals surface area contributed by atoms with E-state index in [0.29, 0.717) is 0 Å². The second-order valence-corrected chi connectivity index (χ2v) is 8.32. The fraction of sp³-hybridized carbons (Fsp3) is 0.391. The highest BCUT2D eigenvalue weighted by molar-refractivity contribution is 5.80. The van der Waals surface area contributed by atoms with Gasteiger partial charge in [0.2, 0.25) is 0 Å². The Balaban J connectivity index is 2.07. The van der Waals surface area contributed by atoms with Crippen LogP contribution in [0.2, 0.25) is 0 Å². The summed E-state index contributed by atoms with van der Waals surface area (Å²) in [5.74, 6) is 0. The van der Waals surface area contributed by atoms with Crippen LogP contribution in [0.25, 0.3) is 11.6 Å². The normalized spacial score (nSPS) is 22.1. The fourth-order valence-electron chi connectivity index (χ4n) is 3.82. The number of fused-ring (bicyclic) bond motifs is 1. The summed E-state index contributed by atoms with van der Waals surface area (Å²) in [6.45, 7) is 11.0. The highest BCUT2D eigenvalue weighted by Gasteiger charge is 2.43. The molecule has 1 heteroatoms. The average molecular weight is 320 g/mol. The zero-order valence-corrected chi connectivity index (χ0v) is 15.4. The van der Waals surface area contributed by atoms with Gasteiger partial charge in [0.25, 0.3) is 0 Å². The summed E-state index contributed by atoms with van der Waals surface area (Å²) in [4.78, 5) is 0. The molecule has 1 unspecified atom stereocenters. The van der Waals surface area contributed by atoms with Gasteiger partial charge >= 0.3 is 0 Å². The molecule has 1 N–H and O–H groups in total. The summed E-state index contributed by atoms with van der Waals surface area (Å²) >= 11 is 0. The van der Waals surface area contributed by atoms with Crippen LogP contribution in [-0.4, -0.2) is 11.2 Å². The van der Waals surface area contributed by atoms with Crippen LogP contribution in [0, 0.1) is 0 Å². The number of hydrogen-bond acceptors (Lipinski definition) is 1. The monoisotopic (exact) mass is 320 g/mol. The van der Waals surface area contributed by atoms with E-state index >= 15 is 0 Å². The second-order valence-electron chi connectivity index (χ2n) is 8.32. The molecule has 1 aliphatic rings. The molecule has 0 amide bonds. The standard InChI is InChI=1S/C23H28O/c1-16(13-17-9-7-6-8-10-17)18-11-12-19-20(14-18)22(2,3)15-21(24)23(19,4)5/h6-14,21,24H,15H2,1-5H3. The largest absolute Gasteiger partial charge is 0.392 e. The smallest absolute Gasteiger partial charge is 0.0639 e. The maximum atomic E-state index is 10.6. The van der Waals surface area contributed by atoms with Crippen LogP contribution >= 0.6 is 0 Å². The minimum Gasteiger partial charge on any atom is -0.392 e. The predicted molar refractivity (Wildman–Crippen MR) is 103 cm³/mol. The fourth-order valence-corrected chi connectivity index (χ4v) is 3.82. The minimum atomic E-state index is -0.299. The highest BCUT2D eigenvalue weighted by Crippen LogP contribution is 2.46. The first-order valence-corrected chi connectivity index (χ1v) is 8.78. The summed E-state index contributed by atoms with van der Waals surface area (Å²) in [6, 6.07) is 17.2. The summed E-state index contributed by atoms with van der Waals surface area (Å²) in [5.41, 5.74) is 6.20. The molecule has 24 heavy (non-hydrogen) atoms. The Labute approximate surface area is 146 Å². The zero-order chi connectivity index (χ0) is 17.5. The van der Waals surface area contributed by atoms with Crippen molar-refractivity contribution in [3.05, 3.63) is 70.8 Å². The van der Waals surface area contributed by atoms with Crippen molar-refractivity contribution >= 4 is 11.6 Å². The van der Waals surface area contributed by atoms with Crippen molar-refractivity contribution in [3.63, 3.8) is 0 Å². The average Bonchev–Trinajstić information content (AvgIpc) is 2.53. The van der Waals surface area contributed by atoms with E-state index in [-0.39, 0.29) is 16.9 Å². The first kappa shape index (κ1) is 17.0.